The second kappa shape index (κ2) is 6.80. The molecule has 0 aliphatic rings. The van der Waals surface area contributed by atoms with Crippen LogP contribution in [0.3, 0.4) is 0 Å². The summed E-state index contributed by atoms with van der Waals surface area (Å²) in [7, 11) is 0. The first kappa shape index (κ1) is 15.8. The van der Waals surface area contributed by atoms with E-state index in [1.807, 2.05) is 13.0 Å². The Morgan fingerprint density at radius 3 is 2.58 bits per heavy atom. The molecule has 1 rings (SSSR count). The molecule has 0 aromatic heterocycles. The first-order valence-electron chi connectivity index (χ1n) is 6.71. The van der Waals surface area contributed by atoms with Crippen LogP contribution in [0, 0.1) is 5.41 Å². The van der Waals surface area contributed by atoms with Gasteiger partial charge in [-0.05, 0) is 37.0 Å². The van der Waals surface area contributed by atoms with Crippen LogP contribution in [0.4, 0.5) is 5.69 Å². The van der Waals surface area contributed by atoms with Gasteiger partial charge >= 0.3 is 0 Å². The molecule has 0 saturated heterocycles. The lowest BCUT2D eigenvalue weighted by Gasteiger charge is -2.23. The van der Waals surface area contributed by atoms with E-state index < -0.39 is 0 Å². The predicted molar refractivity (Wildman–Crippen MR) is 82.0 cm³/mol. The molecule has 0 spiro atoms. The van der Waals surface area contributed by atoms with E-state index in [0.29, 0.717) is 17.1 Å². The van der Waals surface area contributed by atoms with Crippen LogP contribution in [0.15, 0.2) is 18.2 Å². The van der Waals surface area contributed by atoms with E-state index in [-0.39, 0.29) is 11.3 Å². The Bertz CT molecular complexity index is 444. The Morgan fingerprint density at radius 1 is 1.32 bits per heavy atom. The summed E-state index contributed by atoms with van der Waals surface area (Å²) in [6.45, 7) is 9.81. The zero-order chi connectivity index (χ0) is 14.5. The lowest BCUT2D eigenvalue weighted by Crippen LogP contribution is -2.34. The number of carbonyl (C=O) groups is 1. The number of hydrogen-bond acceptors (Lipinski definition) is 2. The molecule has 0 atom stereocenters. The molecule has 4 heteroatoms. The summed E-state index contributed by atoms with van der Waals surface area (Å²) in [5, 5.41) is 6.73. The van der Waals surface area contributed by atoms with Crippen molar-refractivity contribution in [1.29, 1.82) is 0 Å². The van der Waals surface area contributed by atoms with E-state index in [0.717, 1.165) is 18.7 Å². The maximum atomic E-state index is 12.2. The third kappa shape index (κ3) is 4.75. The highest BCUT2D eigenvalue weighted by Crippen LogP contribution is 2.22. The summed E-state index contributed by atoms with van der Waals surface area (Å²) in [4.78, 5) is 12.2. The Hall–Kier alpha value is -1.22. The van der Waals surface area contributed by atoms with Crippen molar-refractivity contribution in [3.05, 3.63) is 28.8 Å². The Balaban J connectivity index is 2.83. The van der Waals surface area contributed by atoms with Crippen molar-refractivity contribution in [3.63, 3.8) is 0 Å². The molecule has 0 aliphatic heterocycles. The minimum Gasteiger partial charge on any atom is -0.385 e. The summed E-state index contributed by atoms with van der Waals surface area (Å²) in [5.41, 5.74) is 1.52. The van der Waals surface area contributed by atoms with Crippen molar-refractivity contribution in [1.82, 2.24) is 5.32 Å². The Morgan fingerprint density at radius 2 is 2.00 bits per heavy atom. The molecule has 0 unspecified atom stereocenters. The monoisotopic (exact) mass is 282 g/mol. The second-order valence-corrected chi connectivity index (χ2v) is 5.86. The van der Waals surface area contributed by atoms with Crippen molar-refractivity contribution < 1.29 is 4.79 Å². The number of anilines is 1. The SMILES string of the molecule is CCNc1ccc(Cl)cc1C(=O)NCC(C)(C)CC. The molecule has 0 radical (unpaired) electrons. The highest BCUT2D eigenvalue weighted by molar-refractivity contribution is 6.31. The van der Waals surface area contributed by atoms with Gasteiger partial charge in [0.15, 0.2) is 0 Å². The number of amides is 1. The van der Waals surface area contributed by atoms with Crippen LogP contribution in [0.2, 0.25) is 5.02 Å². The largest absolute Gasteiger partial charge is 0.385 e. The lowest BCUT2D eigenvalue weighted by atomic mass is 9.90. The van der Waals surface area contributed by atoms with Crippen LogP contribution in [-0.2, 0) is 0 Å². The van der Waals surface area contributed by atoms with Crippen molar-refractivity contribution in [3.8, 4) is 0 Å². The average Bonchev–Trinajstić information content (AvgIpc) is 2.38. The van der Waals surface area contributed by atoms with Gasteiger partial charge in [-0.15, -0.1) is 0 Å². The first-order chi connectivity index (χ1) is 8.89. The second-order valence-electron chi connectivity index (χ2n) is 5.42. The van der Waals surface area contributed by atoms with Crippen LogP contribution in [-0.4, -0.2) is 19.0 Å². The van der Waals surface area contributed by atoms with E-state index in [1.165, 1.54) is 0 Å². The predicted octanol–water partition coefficient (Wildman–Crippen LogP) is 3.94. The molecule has 0 aliphatic carbocycles. The third-order valence-corrected chi connectivity index (χ3v) is 3.51. The quantitative estimate of drug-likeness (QED) is 0.830. The van der Waals surface area contributed by atoms with Crippen LogP contribution >= 0.6 is 11.6 Å². The third-order valence-electron chi connectivity index (χ3n) is 3.28. The van der Waals surface area contributed by atoms with Gasteiger partial charge in [0.1, 0.15) is 0 Å². The molecule has 1 aromatic carbocycles. The summed E-state index contributed by atoms with van der Waals surface area (Å²) < 4.78 is 0. The van der Waals surface area contributed by atoms with Gasteiger partial charge in [-0.3, -0.25) is 4.79 Å². The number of nitrogens with one attached hydrogen (secondary N) is 2. The Kier molecular flexibility index (Phi) is 5.67. The zero-order valence-corrected chi connectivity index (χ0v) is 12.9. The van der Waals surface area contributed by atoms with Crippen LogP contribution in [0.25, 0.3) is 0 Å². The smallest absolute Gasteiger partial charge is 0.253 e. The van der Waals surface area contributed by atoms with Gasteiger partial charge in [0.05, 0.1) is 5.56 Å². The van der Waals surface area contributed by atoms with Gasteiger partial charge in [0, 0.05) is 23.8 Å². The topological polar surface area (TPSA) is 41.1 Å². The molecular weight excluding hydrogens is 260 g/mol. The average molecular weight is 283 g/mol. The van der Waals surface area contributed by atoms with Gasteiger partial charge in [0.2, 0.25) is 0 Å². The molecule has 0 fully saturated rings. The highest BCUT2D eigenvalue weighted by Gasteiger charge is 2.18. The molecule has 3 nitrogen and oxygen atoms in total. The van der Waals surface area contributed by atoms with Gasteiger partial charge in [0.25, 0.3) is 5.91 Å². The number of rotatable bonds is 6. The number of halogens is 1. The summed E-state index contributed by atoms with van der Waals surface area (Å²) in [6.07, 6.45) is 1.02. The standard InChI is InChI=1S/C15H23ClN2O/c1-5-15(3,4)10-18-14(19)12-9-11(16)7-8-13(12)17-6-2/h7-9,17H,5-6,10H2,1-4H3,(H,18,19). The molecular formula is C15H23ClN2O. The fourth-order valence-corrected chi connectivity index (χ4v) is 1.76. The Labute approximate surface area is 120 Å². The van der Waals surface area contributed by atoms with Crippen molar-refractivity contribution in [2.75, 3.05) is 18.4 Å². The highest BCUT2D eigenvalue weighted by atomic mass is 35.5. The van der Waals surface area contributed by atoms with Crippen LogP contribution in [0.5, 0.6) is 0 Å². The van der Waals surface area contributed by atoms with E-state index in [2.05, 4.69) is 31.4 Å². The number of carbonyl (C=O) groups excluding carboxylic acids is 1. The van der Waals surface area contributed by atoms with E-state index in [9.17, 15) is 4.79 Å². The maximum absolute atomic E-state index is 12.2. The molecule has 19 heavy (non-hydrogen) atoms. The molecule has 1 amide bonds. The van der Waals surface area contributed by atoms with Gasteiger partial charge in [-0.25, -0.2) is 0 Å². The van der Waals surface area contributed by atoms with E-state index >= 15 is 0 Å². The normalized spacial score (nSPS) is 11.2. The number of hydrogen-bond donors (Lipinski definition) is 2. The summed E-state index contributed by atoms with van der Waals surface area (Å²) in [6, 6.07) is 5.33. The van der Waals surface area contributed by atoms with E-state index in [1.54, 1.807) is 12.1 Å². The number of benzene rings is 1. The van der Waals surface area contributed by atoms with Crippen molar-refractivity contribution in [2.45, 2.75) is 34.1 Å². The molecule has 106 valence electrons. The fraction of sp³-hybridized carbons (Fsp3) is 0.533. The van der Waals surface area contributed by atoms with Gasteiger partial charge in [-0.2, -0.15) is 0 Å². The molecule has 0 heterocycles. The zero-order valence-electron chi connectivity index (χ0n) is 12.1. The van der Waals surface area contributed by atoms with Crippen LogP contribution < -0.4 is 10.6 Å². The van der Waals surface area contributed by atoms with E-state index in [4.69, 9.17) is 11.6 Å². The minimum atomic E-state index is -0.0834. The fourth-order valence-electron chi connectivity index (χ4n) is 1.59. The van der Waals surface area contributed by atoms with Gasteiger partial charge in [-0.1, -0.05) is 32.4 Å². The maximum Gasteiger partial charge on any atom is 0.253 e. The summed E-state index contributed by atoms with van der Waals surface area (Å²) in [5.74, 6) is -0.0834. The molecule has 0 bridgehead atoms. The lowest BCUT2D eigenvalue weighted by molar-refractivity contribution is 0.0936. The molecule has 1 aromatic rings. The van der Waals surface area contributed by atoms with Crippen molar-refractivity contribution >= 4 is 23.2 Å². The molecule has 0 saturated carbocycles. The van der Waals surface area contributed by atoms with Gasteiger partial charge < -0.3 is 10.6 Å². The van der Waals surface area contributed by atoms with Crippen molar-refractivity contribution in [2.24, 2.45) is 5.41 Å². The molecule has 2 N–H and O–H groups in total. The van der Waals surface area contributed by atoms with Crippen LogP contribution in [0.1, 0.15) is 44.5 Å². The summed E-state index contributed by atoms with van der Waals surface area (Å²) >= 11 is 5.97. The first-order valence-corrected chi connectivity index (χ1v) is 7.09. The minimum absolute atomic E-state index is 0.0834.